The average molecular weight is 406 g/mol. The summed E-state index contributed by atoms with van der Waals surface area (Å²) in [6, 6.07) is 0. The van der Waals surface area contributed by atoms with Crippen LogP contribution in [0.3, 0.4) is 0 Å². The fraction of sp³-hybridized carbons (Fsp3) is 0.444. The summed E-state index contributed by atoms with van der Waals surface area (Å²) < 4.78 is 5.97. The van der Waals surface area contributed by atoms with Gasteiger partial charge < -0.3 is 9.73 Å². The van der Waals surface area contributed by atoms with Crippen LogP contribution in [0.25, 0.3) is 27.3 Å². The fourth-order valence-electron chi connectivity index (χ4n) is 4.89. The van der Waals surface area contributed by atoms with Gasteiger partial charge in [0.15, 0.2) is 0 Å². The van der Waals surface area contributed by atoms with Crippen LogP contribution in [0.1, 0.15) is 73.6 Å². The van der Waals surface area contributed by atoms with Crippen molar-refractivity contribution in [1.82, 2.24) is 0 Å². The Morgan fingerprint density at radius 3 is 1.87 bits per heavy atom. The zero-order chi connectivity index (χ0) is 22.7. The third kappa shape index (κ3) is 2.98. The van der Waals surface area contributed by atoms with E-state index in [0.717, 1.165) is 44.3 Å². The van der Waals surface area contributed by atoms with E-state index in [1.807, 2.05) is 13.8 Å². The van der Waals surface area contributed by atoms with Crippen LogP contribution < -0.4 is 10.9 Å². The van der Waals surface area contributed by atoms with Gasteiger partial charge in [-0.3, -0.25) is 0 Å². The third-order valence-electron chi connectivity index (χ3n) is 6.76. The maximum atomic E-state index is 13.3. The molecule has 0 fully saturated rings. The molecule has 0 saturated heterocycles. The van der Waals surface area contributed by atoms with Crippen molar-refractivity contribution in [3.63, 3.8) is 0 Å². The summed E-state index contributed by atoms with van der Waals surface area (Å²) in [5, 5.41) is 6.46. The molecule has 30 heavy (non-hydrogen) atoms. The predicted molar refractivity (Wildman–Crippen MR) is 131 cm³/mol. The minimum atomic E-state index is -0.248. The normalized spacial score (nSPS) is 14.7. The van der Waals surface area contributed by atoms with E-state index in [0.29, 0.717) is 5.39 Å². The Kier molecular flexibility index (Phi) is 5.39. The number of hydrogen-bond donors (Lipinski definition) is 1. The van der Waals surface area contributed by atoms with E-state index in [4.69, 9.17) is 4.42 Å². The highest BCUT2D eigenvalue weighted by Gasteiger charge is 2.29. The number of fused-ring (bicyclic) bond motifs is 5. The van der Waals surface area contributed by atoms with Gasteiger partial charge in [-0.05, 0) is 101 Å². The molecule has 3 nitrogen and oxygen atoms in total. The lowest BCUT2D eigenvalue weighted by Gasteiger charge is -2.34. The van der Waals surface area contributed by atoms with Gasteiger partial charge in [0.1, 0.15) is 5.58 Å². The van der Waals surface area contributed by atoms with Gasteiger partial charge >= 0.3 is 5.63 Å². The zero-order valence-corrected chi connectivity index (χ0v) is 20.4. The molecule has 0 bridgehead atoms. The Hall–Kier alpha value is -2.55. The van der Waals surface area contributed by atoms with Crippen LogP contribution in [0.15, 0.2) is 15.3 Å². The highest BCUT2D eigenvalue weighted by atomic mass is 16.4. The maximum absolute atomic E-state index is 13.3. The highest BCUT2D eigenvalue weighted by Crippen LogP contribution is 2.44. The molecule has 0 radical (unpaired) electrons. The summed E-state index contributed by atoms with van der Waals surface area (Å²) in [5.41, 5.74) is 10.5. The molecule has 3 heteroatoms. The van der Waals surface area contributed by atoms with Crippen LogP contribution in [0, 0.1) is 41.5 Å². The maximum Gasteiger partial charge on any atom is 0.344 e. The predicted octanol–water partition coefficient (Wildman–Crippen LogP) is 7.43. The summed E-state index contributed by atoms with van der Waals surface area (Å²) in [7, 11) is 0. The van der Waals surface area contributed by atoms with E-state index < -0.39 is 0 Å². The molecule has 0 saturated carbocycles. The van der Waals surface area contributed by atoms with Crippen molar-refractivity contribution in [1.29, 1.82) is 0 Å². The largest absolute Gasteiger partial charge is 0.422 e. The van der Waals surface area contributed by atoms with Crippen molar-refractivity contribution in [2.24, 2.45) is 0 Å². The average Bonchev–Trinajstić information content (AvgIpc) is 2.69. The van der Waals surface area contributed by atoms with Crippen LogP contribution in [0.2, 0.25) is 0 Å². The lowest BCUT2D eigenvalue weighted by Crippen LogP contribution is -2.32. The first-order chi connectivity index (χ1) is 14.0. The van der Waals surface area contributed by atoms with Crippen molar-refractivity contribution in [2.75, 3.05) is 5.32 Å². The summed E-state index contributed by atoms with van der Waals surface area (Å²) in [5.74, 6) is 0. The molecule has 1 aliphatic heterocycles. The standard InChI is InChI=1S/C25H29NO2.C2H6/c1-11-10-25(8,9)26-22-16(6)15(5)19-20-14(4)12(2)13(3)17(7)23(20)28-24(27)21(19)18(11)22;1-2/h10,26H,1-9H3;1-2H3. The molecule has 1 aliphatic rings. The molecule has 0 spiro atoms. The lowest BCUT2D eigenvalue weighted by molar-refractivity contribution is 0.566. The molecular weight excluding hydrogens is 370 g/mol. The smallest absolute Gasteiger partial charge is 0.344 e. The number of anilines is 1. The van der Waals surface area contributed by atoms with Crippen LogP contribution in [-0.2, 0) is 0 Å². The zero-order valence-electron chi connectivity index (χ0n) is 20.4. The summed E-state index contributed by atoms with van der Waals surface area (Å²) >= 11 is 0. The van der Waals surface area contributed by atoms with Crippen molar-refractivity contribution in [3.05, 3.63) is 55.4 Å². The summed E-state index contributed by atoms with van der Waals surface area (Å²) in [6.45, 7) is 23.1. The van der Waals surface area contributed by atoms with E-state index in [1.54, 1.807) is 0 Å². The van der Waals surface area contributed by atoms with E-state index in [9.17, 15) is 4.79 Å². The second kappa shape index (κ2) is 7.30. The minimum Gasteiger partial charge on any atom is -0.422 e. The fourth-order valence-corrected chi connectivity index (χ4v) is 4.89. The Balaban J connectivity index is 0.00000124. The van der Waals surface area contributed by atoms with Crippen molar-refractivity contribution < 1.29 is 4.42 Å². The molecule has 160 valence electrons. The molecule has 3 aromatic rings. The number of rotatable bonds is 0. The molecule has 1 aromatic heterocycles. The molecular formula is C27H35NO2. The third-order valence-corrected chi connectivity index (χ3v) is 6.76. The van der Waals surface area contributed by atoms with Crippen LogP contribution in [0.4, 0.5) is 5.69 Å². The number of aryl methyl sites for hydroxylation is 3. The molecule has 4 rings (SSSR count). The quantitative estimate of drug-likeness (QED) is 0.312. The van der Waals surface area contributed by atoms with Gasteiger partial charge in [-0.25, -0.2) is 4.79 Å². The SMILES string of the molecule is CC.CC1=CC(C)(C)Nc2c(C)c(C)c3c(c21)c(=O)oc1c(C)c(C)c(C)c(C)c13. The number of hydrogen-bond acceptors (Lipinski definition) is 3. The molecule has 0 atom stereocenters. The monoisotopic (exact) mass is 405 g/mol. The molecule has 0 unspecified atom stereocenters. The Morgan fingerprint density at radius 2 is 1.27 bits per heavy atom. The first kappa shape index (κ1) is 22.1. The Morgan fingerprint density at radius 1 is 0.733 bits per heavy atom. The van der Waals surface area contributed by atoms with Gasteiger partial charge in [0.05, 0.1) is 10.9 Å². The molecule has 0 amide bonds. The first-order valence-electron chi connectivity index (χ1n) is 10.9. The molecule has 0 aliphatic carbocycles. The summed E-state index contributed by atoms with van der Waals surface area (Å²) in [4.78, 5) is 13.3. The van der Waals surface area contributed by atoms with E-state index >= 15 is 0 Å². The highest BCUT2D eigenvalue weighted by molar-refractivity contribution is 6.15. The van der Waals surface area contributed by atoms with Gasteiger partial charge in [0.25, 0.3) is 0 Å². The number of benzene rings is 2. The van der Waals surface area contributed by atoms with Gasteiger partial charge in [0, 0.05) is 22.0 Å². The summed E-state index contributed by atoms with van der Waals surface area (Å²) in [6.07, 6.45) is 2.20. The molecule has 2 heterocycles. The number of allylic oxidation sites excluding steroid dienone is 1. The Labute approximate surface area is 180 Å². The van der Waals surface area contributed by atoms with Gasteiger partial charge in [-0.2, -0.15) is 0 Å². The van der Waals surface area contributed by atoms with Crippen LogP contribution in [0.5, 0.6) is 0 Å². The first-order valence-corrected chi connectivity index (χ1v) is 10.9. The van der Waals surface area contributed by atoms with Crippen molar-refractivity contribution in [3.8, 4) is 0 Å². The number of nitrogens with one attached hydrogen (secondary N) is 1. The Bertz CT molecular complexity index is 1290. The molecule has 1 N–H and O–H groups in total. The van der Waals surface area contributed by atoms with Crippen molar-refractivity contribution >= 4 is 33.0 Å². The van der Waals surface area contributed by atoms with Gasteiger partial charge in [-0.1, -0.05) is 19.9 Å². The van der Waals surface area contributed by atoms with E-state index in [-0.39, 0.29) is 11.2 Å². The van der Waals surface area contributed by atoms with Crippen LogP contribution in [-0.4, -0.2) is 5.54 Å². The van der Waals surface area contributed by atoms with E-state index in [2.05, 4.69) is 73.7 Å². The van der Waals surface area contributed by atoms with Crippen LogP contribution >= 0.6 is 0 Å². The second-order valence-electron chi connectivity index (χ2n) is 9.02. The van der Waals surface area contributed by atoms with E-state index in [1.165, 1.54) is 22.3 Å². The lowest BCUT2D eigenvalue weighted by atomic mass is 9.83. The second-order valence-corrected chi connectivity index (χ2v) is 9.02. The van der Waals surface area contributed by atoms with Crippen molar-refractivity contribution in [2.45, 2.75) is 81.7 Å². The van der Waals surface area contributed by atoms with Gasteiger partial charge in [-0.15, -0.1) is 0 Å². The molecule has 2 aromatic carbocycles. The minimum absolute atomic E-state index is 0.154. The van der Waals surface area contributed by atoms with Gasteiger partial charge in [0.2, 0.25) is 0 Å². The topological polar surface area (TPSA) is 42.2 Å².